The number of amides is 2. The average Bonchev–Trinajstić information content (AvgIpc) is 3.15. The van der Waals surface area contributed by atoms with E-state index in [9.17, 15) is 18.0 Å². The number of nitrogens with two attached hydrogens (primary N) is 1. The molecule has 0 bridgehead atoms. The van der Waals surface area contributed by atoms with Gasteiger partial charge in [0.1, 0.15) is 5.00 Å². The van der Waals surface area contributed by atoms with E-state index >= 15 is 0 Å². The largest absolute Gasteiger partial charge is 0.365 e. The first-order valence-electron chi connectivity index (χ1n) is 10.8. The molecule has 0 radical (unpaired) electrons. The van der Waals surface area contributed by atoms with Crippen molar-refractivity contribution < 1.29 is 18.0 Å². The summed E-state index contributed by atoms with van der Waals surface area (Å²) in [4.78, 5) is 28.4. The van der Waals surface area contributed by atoms with Gasteiger partial charge in [-0.15, -0.1) is 11.3 Å². The molecule has 10 heteroatoms. The molecule has 1 fully saturated rings. The van der Waals surface area contributed by atoms with Gasteiger partial charge in [0, 0.05) is 42.2 Å². The number of rotatable bonds is 6. The second-order valence-corrected chi connectivity index (χ2v) is 11.3. The Morgan fingerprint density at radius 1 is 1.00 bits per heavy atom. The van der Waals surface area contributed by atoms with E-state index in [0.29, 0.717) is 36.7 Å². The zero-order valence-corrected chi connectivity index (χ0v) is 20.6. The maximum Gasteiger partial charge on any atom is 0.256 e. The van der Waals surface area contributed by atoms with Crippen molar-refractivity contribution in [3.63, 3.8) is 0 Å². The Balaban J connectivity index is 1.63. The van der Waals surface area contributed by atoms with Crippen LogP contribution in [0.25, 0.3) is 11.1 Å². The summed E-state index contributed by atoms with van der Waals surface area (Å²) in [5.74, 6) is -1.16. The lowest BCUT2D eigenvalue weighted by Gasteiger charge is -2.31. The van der Waals surface area contributed by atoms with Crippen LogP contribution < -0.4 is 11.1 Å². The second-order valence-electron chi connectivity index (χ2n) is 8.16. The fraction of sp³-hybridized carbons (Fsp3) is 0.250. The minimum absolute atomic E-state index is 0.0622. The van der Waals surface area contributed by atoms with Gasteiger partial charge in [0.15, 0.2) is 0 Å². The molecule has 1 aliphatic rings. The van der Waals surface area contributed by atoms with E-state index in [0.717, 1.165) is 10.4 Å². The van der Waals surface area contributed by atoms with E-state index in [1.54, 1.807) is 12.1 Å². The Bertz CT molecular complexity index is 1330. The summed E-state index contributed by atoms with van der Waals surface area (Å²) in [6, 6.07) is 15.3. The van der Waals surface area contributed by atoms with Gasteiger partial charge in [0.2, 0.25) is 10.0 Å². The fourth-order valence-electron chi connectivity index (χ4n) is 3.97. The molecule has 2 heterocycles. The third kappa shape index (κ3) is 4.76. The molecule has 2 aromatic carbocycles. The fourth-order valence-corrected chi connectivity index (χ4v) is 6.52. The Kier molecular flexibility index (Phi) is 6.85. The Hall–Kier alpha value is -3.05. The standard InChI is InChI=1S/C24H26N4O4S2/c1-16-20(17-7-4-3-5-8-17)21(22(25)29)24(33-16)26-23(30)18-9-6-10-19(15-18)34(31,32)28-13-11-27(2)12-14-28/h3-10,15H,11-14H2,1-2H3,(H2,25,29)(H,26,30). The molecule has 178 valence electrons. The van der Waals surface area contributed by atoms with Crippen molar-refractivity contribution in [1.29, 1.82) is 0 Å². The van der Waals surface area contributed by atoms with Crippen molar-refractivity contribution in [2.45, 2.75) is 11.8 Å². The van der Waals surface area contributed by atoms with Crippen molar-refractivity contribution in [1.82, 2.24) is 9.21 Å². The maximum absolute atomic E-state index is 13.1. The molecular formula is C24H26N4O4S2. The van der Waals surface area contributed by atoms with Crippen LogP contribution in [-0.2, 0) is 10.0 Å². The Morgan fingerprint density at radius 3 is 2.32 bits per heavy atom. The maximum atomic E-state index is 13.1. The summed E-state index contributed by atoms with van der Waals surface area (Å²) >= 11 is 1.26. The zero-order valence-electron chi connectivity index (χ0n) is 18.9. The van der Waals surface area contributed by atoms with Gasteiger partial charge >= 0.3 is 0 Å². The number of nitrogens with zero attached hydrogens (tertiary/aromatic N) is 2. The summed E-state index contributed by atoms with van der Waals surface area (Å²) in [6.07, 6.45) is 0. The number of piperazine rings is 1. The monoisotopic (exact) mass is 498 g/mol. The zero-order chi connectivity index (χ0) is 24.5. The molecule has 1 aromatic heterocycles. The topological polar surface area (TPSA) is 113 Å². The van der Waals surface area contributed by atoms with E-state index in [1.165, 1.54) is 27.8 Å². The highest BCUT2D eigenvalue weighted by molar-refractivity contribution is 7.89. The number of primary amides is 1. The molecule has 4 rings (SSSR count). The van der Waals surface area contributed by atoms with Gasteiger partial charge in [-0.1, -0.05) is 36.4 Å². The Morgan fingerprint density at radius 2 is 1.68 bits per heavy atom. The number of thiophene rings is 1. The van der Waals surface area contributed by atoms with E-state index in [-0.39, 0.29) is 16.0 Å². The minimum atomic E-state index is -3.72. The number of likely N-dealkylation sites (N-methyl/N-ethyl adjacent to an activating group) is 1. The number of hydrogen-bond donors (Lipinski definition) is 2. The first-order chi connectivity index (χ1) is 16.2. The van der Waals surface area contributed by atoms with E-state index in [4.69, 9.17) is 5.73 Å². The molecule has 1 saturated heterocycles. The second kappa shape index (κ2) is 9.67. The van der Waals surface area contributed by atoms with Crippen LogP contribution in [0.5, 0.6) is 0 Å². The third-order valence-corrected chi connectivity index (χ3v) is 8.73. The van der Waals surface area contributed by atoms with Gasteiger partial charge in [-0.3, -0.25) is 9.59 Å². The van der Waals surface area contributed by atoms with Crippen LogP contribution in [-0.4, -0.2) is 62.7 Å². The first-order valence-corrected chi connectivity index (χ1v) is 13.0. The highest BCUT2D eigenvalue weighted by Crippen LogP contribution is 2.39. The van der Waals surface area contributed by atoms with Crippen molar-refractivity contribution in [2.24, 2.45) is 5.73 Å². The van der Waals surface area contributed by atoms with Crippen LogP contribution in [0.2, 0.25) is 0 Å². The van der Waals surface area contributed by atoms with E-state index in [2.05, 4.69) is 10.2 Å². The van der Waals surface area contributed by atoms with Crippen molar-refractivity contribution in [2.75, 3.05) is 38.5 Å². The molecule has 0 aliphatic carbocycles. The smallest absolute Gasteiger partial charge is 0.256 e. The van der Waals surface area contributed by atoms with Gasteiger partial charge in [0.25, 0.3) is 11.8 Å². The molecule has 0 atom stereocenters. The van der Waals surface area contributed by atoms with Crippen molar-refractivity contribution >= 4 is 38.2 Å². The quantitative estimate of drug-likeness (QED) is 0.543. The molecule has 8 nitrogen and oxygen atoms in total. The number of aryl methyl sites for hydroxylation is 1. The number of hydrogen-bond acceptors (Lipinski definition) is 6. The number of nitrogens with one attached hydrogen (secondary N) is 1. The van der Waals surface area contributed by atoms with E-state index in [1.807, 2.05) is 44.3 Å². The van der Waals surface area contributed by atoms with Crippen LogP contribution in [0.3, 0.4) is 0 Å². The number of carbonyl (C=O) groups is 2. The summed E-state index contributed by atoms with van der Waals surface area (Å²) in [7, 11) is -1.77. The third-order valence-electron chi connectivity index (χ3n) is 5.82. The number of sulfonamides is 1. The molecular weight excluding hydrogens is 472 g/mol. The lowest BCUT2D eigenvalue weighted by molar-refractivity contribution is 0.100. The average molecular weight is 499 g/mol. The molecule has 0 saturated carbocycles. The molecule has 2 amide bonds. The molecule has 1 aliphatic heterocycles. The summed E-state index contributed by atoms with van der Waals surface area (Å²) in [6.45, 7) is 3.95. The molecule has 0 unspecified atom stereocenters. The number of benzene rings is 2. The van der Waals surface area contributed by atoms with Crippen LogP contribution in [0.15, 0.2) is 59.5 Å². The SMILES string of the molecule is Cc1sc(NC(=O)c2cccc(S(=O)(=O)N3CCN(C)CC3)c2)c(C(N)=O)c1-c1ccccc1. The number of anilines is 1. The van der Waals surface area contributed by atoms with Crippen LogP contribution in [0.1, 0.15) is 25.6 Å². The van der Waals surface area contributed by atoms with Crippen LogP contribution >= 0.6 is 11.3 Å². The predicted octanol–water partition coefficient (Wildman–Crippen LogP) is 3.01. The van der Waals surface area contributed by atoms with Crippen molar-refractivity contribution in [3.8, 4) is 11.1 Å². The number of carbonyl (C=O) groups excluding carboxylic acids is 2. The molecule has 34 heavy (non-hydrogen) atoms. The minimum Gasteiger partial charge on any atom is -0.365 e. The molecule has 0 spiro atoms. The predicted molar refractivity (Wildman–Crippen MR) is 134 cm³/mol. The van der Waals surface area contributed by atoms with Gasteiger partial charge in [-0.05, 0) is 37.7 Å². The van der Waals surface area contributed by atoms with Gasteiger partial charge in [-0.2, -0.15) is 4.31 Å². The van der Waals surface area contributed by atoms with Crippen molar-refractivity contribution in [3.05, 3.63) is 70.6 Å². The Labute approximate surface area is 203 Å². The van der Waals surface area contributed by atoms with Gasteiger partial charge < -0.3 is 16.0 Å². The van der Waals surface area contributed by atoms with Gasteiger partial charge in [0.05, 0.1) is 10.5 Å². The van der Waals surface area contributed by atoms with E-state index < -0.39 is 21.8 Å². The van der Waals surface area contributed by atoms with Crippen LogP contribution in [0, 0.1) is 6.92 Å². The highest BCUT2D eigenvalue weighted by Gasteiger charge is 2.28. The normalized spacial score (nSPS) is 15.2. The van der Waals surface area contributed by atoms with Crippen LogP contribution in [0.4, 0.5) is 5.00 Å². The summed E-state index contributed by atoms with van der Waals surface area (Å²) in [5.41, 5.74) is 7.61. The lowest BCUT2D eigenvalue weighted by atomic mass is 10.0. The first kappa shape index (κ1) is 24.1. The molecule has 3 aromatic rings. The summed E-state index contributed by atoms with van der Waals surface area (Å²) in [5, 5.41) is 3.10. The lowest BCUT2D eigenvalue weighted by Crippen LogP contribution is -2.47. The highest BCUT2D eigenvalue weighted by atomic mass is 32.2. The molecule has 3 N–H and O–H groups in total. The van der Waals surface area contributed by atoms with Gasteiger partial charge in [-0.25, -0.2) is 8.42 Å². The summed E-state index contributed by atoms with van der Waals surface area (Å²) < 4.78 is 27.6.